The molecule has 0 spiro atoms. The van der Waals surface area contributed by atoms with Gasteiger partial charge >= 0.3 is 17.9 Å². The van der Waals surface area contributed by atoms with E-state index in [2.05, 4.69) is 34.6 Å². The minimum absolute atomic E-state index is 0.0633. The number of esters is 3. The Morgan fingerprint density at radius 1 is 0.306 bits per heavy atom. The third-order valence-corrected chi connectivity index (χ3v) is 12.7. The Balaban J connectivity index is 4.30. The summed E-state index contributed by atoms with van der Waals surface area (Å²) in [7, 11) is 0. The Labute approximate surface area is 387 Å². The lowest BCUT2D eigenvalue weighted by Crippen LogP contribution is -2.30. The van der Waals surface area contributed by atoms with E-state index in [1.54, 1.807) is 0 Å². The maximum atomic E-state index is 12.8. The molecule has 0 aliphatic carbocycles. The van der Waals surface area contributed by atoms with Crippen LogP contribution in [0.2, 0.25) is 0 Å². The fraction of sp³-hybridized carbons (Fsp3) is 0.946. The van der Waals surface area contributed by atoms with E-state index in [0.29, 0.717) is 19.3 Å². The number of hydrogen-bond donors (Lipinski definition) is 0. The summed E-state index contributed by atoms with van der Waals surface area (Å²) in [5, 5.41) is 0. The van der Waals surface area contributed by atoms with Gasteiger partial charge in [-0.3, -0.25) is 14.4 Å². The number of ether oxygens (including phenoxy) is 3. The molecule has 6 nitrogen and oxygen atoms in total. The third-order valence-electron chi connectivity index (χ3n) is 12.7. The van der Waals surface area contributed by atoms with Crippen molar-refractivity contribution in [1.82, 2.24) is 0 Å². The molecule has 1 atom stereocenters. The molecule has 0 radical (unpaired) electrons. The fourth-order valence-corrected chi connectivity index (χ4v) is 8.52. The summed E-state index contributed by atoms with van der Waals surface area (Å²) in [6.45, 7) is 11.4. The predicted octanol–water partition coefficient (Wildman–Crippen LogP) is 18.1. The van der Waals surface area contributed by atoms with Gasteiger partial charge in [0.2, 0.25) is 0 Å². The molecule has 0 aliphatic rings. The molecule has 0 unspecified atom stereocenters. The van der Waals surface area contributed by atoms with E-state index in [1.165, 1.54) is 199 Å². The number of unbranched alkanes of at least 4 members (excludes halogenated alkanes) is 35. The van der Waals surface area contributed by atoms with E-state index in [-0.39, 0.29) is 31.1 Å². The van der Waals surface area contributed by atoms with E-state index >= 15 is 0 Å². The summed E-state index contributed by atoms with van der Waals surface area (Å²) in [5.41, 5.74) is 0. The van der Waals surface area contributed by atoms with E-state index in [4.69, 9.17) is 14.2 Å². The minimum Gasteiger partial charge on any atom is -0.462 e. The van der Waals surface area contributed by atoms with Gasteiger partial charge in [-0.2, -0.15) is 0 Å². The van der Waals surface area contributed by atoms with Crippen molar-refractivity contribution in [1.29, 1.82) is 0 Å². The molecule has 0 saturated heterocycles. The summed E-state index contributed by atoms with van der Waals surface area (Å²) in [5.74, 6) is 0.805. The summed E-state index contributed by atoms with van der Waals surface area (Å²) in [6.07, 6.45) is 50.9. The van der Waals surface area contributed by atoms with Crippen LogP contribution in [0.25, 0.3) is 0 Å². The van der Waals surface area contributed by atoms with Crippen LogP contribution in [-0.4, -0.2) is 37.2 Å². The highest BCUT2D eigenvalue weighted by Gasteiger charge is 2.19. The monoisotopic (exact) mass is 877 g/mol. The zero-order chi connectivity index (χ0) is 45.4. The first kappa shape index (κ1) is 60.4. The van der Waals surface area contributed by atoms with Crippen molar-refractivity contribution in [2.75, 3.05) is 13.2 Å². The van der Waals surface area contributed by atoms with Crippen LogP contribution in [0.15, 0.2) is 0 Å². The van der Waals surface area contributed by atoms with Crippen molar-refractivity contribution in [2.24, 2.45) is 11.8 Å². The van der Waals surface area contributed by atoms with Crippen LogP contribution in [0.4, 0.5) is 0 Å². The van der Waals surface area contributed by atoms with Gasteiger partial charge in [0.15, 0.2) is 6.10 Å². The highest BCUT2D eigenvalue weighted by molar-refractivity contribution is 5.71. The average molecular weight is 877 g/mol. The summed E-state index contributed by atoms with van der Waals surface area (Å²) < 4.78 is 16.9. The summed E-state index contributed by atoms with van der Waals surface area (Å²) in [6, 6.07) is 0. The first-order chi connectivity index (χ1) is 30.2. The average Bonchev–Trinajstić information content (AvgIpc) is 3.24. The molecule has 368 valence electrons. The van der Waals surface area contributed by atoms with Crippen molar-refractivity contribution in [3.8, 4) is 0 Å². The molecule has 0 rings (SSSR count). The SMILES string of the molecule is CCCCCCCCCCCCCCCCCCC(=O)O[C@H](COC(=O)CCCCCCCCCCCCCCCC(C)C)COC(=O)CCCCCCCCCCCC(C)C. The largest absolute Gasteiger partial charge is 0.462 e. The maximum Gasteiger partial charge on any atom is 0.306 e. The second-order valence-electron chi connectivity index (χ2n) is 20.2. The van der Waals surface area contributed by atoms with Gasteiger partial charge in [0.25, 0.3) is 0 Å². The lowest BCUT2D eigenvalue weighted by Gasteiger charge is -2.18. The molecule has 0 heterocycles. The van der Waals surface area contributed by atoms with E-state index in [1.807, 2.05) is 0 Å². The van der Waals surface area contributed by atoms with Gasteiger partial charge in [0.05, 0.1) is 0 Å². The van der Waals surface area contributed by atoms with Crippen molar-refractivity contribution in [3.63, 3.8) is 0 Å². The van der Waals surface area contributed by atoms with E-state index < -0.39 is 6.10 Å². The highest BCUT2D eigenvalue weighted by Crippen LogP contribution is 2.18. The van der Waals surface area contributed by atoms with Crippen LogP contribution in [-0.2, 0) is 28.6 Å². The van der Waals surface area contributed by atoms with E-state index in [9.17, 15) is 14.4 Å². The number of rotatable bonds is 50. The van der Waals surface area contributed by atoms with Crippen LogP contribution in [0.1, 0.15) is 311 Å². The zero-order valence-corrected chi connectivity index (χ0v) is 42.5. The van der Waals surface area contributed by atoms with Crippen molar-refractivity contribution >= 4 is 17.9 Å². The maximum absolute atomic E-state index is 12.8. The number of hydrogen-bond acceptors (Lipinski definition) is 6. The first-order valence-electron chi connectivity index (χ1n) is 27.7. The molecule has 0 aromatic rings. The molecule has 0 aromatic heterocycles. The van der Waals surface area contributed by atoms with Gasteiger partial charge in [-0.05, 0) is 31.1 Å². The van der Waals surface area contributed by atoms with Crippen molar-refractivity contribution in [3.05, 3.63) is 0 Å². The summed E-state index contributed by atoms with van der Waals surface area (Å²) >= 11 is 0. The van der Waals surface area contributed by atoms with Crippen LogP contribution >= 0.6 is 0 Å². The Kier molecular flexibility index (Phi) is 47.6. The topological polar surface area (TPSA) is 78.9 Å². The number of carbonyl (C=O) groups is 3. The highest BCUT2D eigenvalue weighted by atomic mass is 16.6. The molecule has 0 aromatic carbocycles. The minimum atomic E-state index is -0.762. The second-order valence-corrected chi connectivity index (χ2v) is 20.2. The van der Waals surface area contributed by atoms with Crippen LogP contribution in [0.5, 0.6) is 0 Å². The molecule has 0 amide bonds. The molecule has 0 aliphatic heterocycles. The molecular formula is C56H108O6. The standard InChI is InChI=1S/C56H108O6/c1-6-7-8-9-10-11-12-13-14-15-18-22-27-33-38-43-48-56(59)62-53(50-61-55(58)47-42-37-32-28-23-25-30-35-40-45-52(4)5)49-60-54(57)46-41-36-31-26-21-19-16-17-20-24-29-34-39-44-51(2)3/h51-53H,6-50H2,1-5H3/t53-/m1/s1. The molecule has 62 heavy (non-hydrogen) atoms. The van der Waals surface area contributed by atoms with Gasteiger partial charge in [-0.25, -0.2) is 0 Å². The van der Waals surface area contributed by atoms with Crippen molar-refractivity contribution in [2.45, 2.75) is 317 Å². The molecular weight excluding hydrogens is 769 g/mol. The van der Waals surface area contributed by atoms with Crippen LogP contribution in [0, 0.1) is 11.8 Å². The predicted molar refractivity (Wildman–Crippen MR) is 266 cm³/mol. The Morgan fingerprint density at radius 3 is 0.790 bits per heavy atom. The second kappa shape index (κ2) is 48.9. The Morgan fingerprint density at radius 2 is 0.532 bits per heavy atom. The molecule has 0 fully saturated rings. The quantitative estimate of drug-likeness (QED) is 0.0344. The van der Waals surface area contributed by atoms with Crippen molar-refractivity contribution < 1.29 is 28.6 Å². The smallest absolute Gasteiger partial charge is 0.306 e. The molecule has 0 bridgehead atoms. The molecule has 0 saturated carbocycles. The van der Waals surface area contributed by atoms with Gasteiger partial charge in [0, 0.05) is 19.3 Å². The first-order valence-corrected chi connectivity index (χ1v) is 27.7. The zero-order valence-electron chi connectivity index (χ0n) is 42.5. The third kappa shape index (κ3) is 49.4. The molecule has 6 heteroatoms. The molecule has 0 N–H and O–H groups in total. The van der Waals surface area contributed by atoms with Gasteiger partial charge in [0.1, 0.15) is 13.2 Å². The normalized spacial score (nSPS) is 12.0. The van der Waals surface area contributed by atoms with Gasteiger partial charge in [-0.15, -0.1) is 0 Å². The number of carbonyl (C=O) groups excluding carboxylic acids is 3. The lowest BCUT2D eigenvalue weighted by atomic mass is 10.0. The Hall–Kier alpha value is -1.59. The fourth-order valence-electron chi connectivity index (χ4n) is 8.52. The summed E-state index contributed by atoms with van der Waals surface area (Å²) in [4.78, 5) is 38.0. The lowest BCUT2D eigenvalue weighted by molar-refractivity contribution is -0.167. The van der Waals surface area contributed by atoms with Gasteiger partial charge < -0.3 is 14.2 Å². The Bertz CT molecular complexity index is 947. The van der Waals surface area contributed by atoms with Crippen LogP contribution < -0.4 is 0 Å². The van der Waals surface area contributed by atoms with Gasteiger partial charge in [-0.1, -0.05) is 272 Å². The van der Waals surface area contributed by atoms with Crippen LogP contribution in [0.3, 0.4) is 0 Å². The van der Waals surface area contributed by atoms with E-state index in [0.717, 1.165) is 69.6 Å².